The zero-order chi connectivity index (χ0) is 26.8. The van der Waals surface area contributed by atoms with Crippen LogP contribution in [-0.4, -0.2) is 57.8 Å². The molecule has 0 amide bonds. The summed E-state index contributed by atoms with van der Waals surface area (Å²) in [6.07, 6.45) is 0. The molecule has 1 atom stereocenters. The molecule has 1 saturated heterocycles. The van der Waals surface area contributed by atoms with E-state index in [1.807, 2.05) is 47.5 Å². The van der Waals surface area contributed by atoms with E-state index in [0.29, 0.717) is 24.1 Å². The van der Waals surface area contributed by atoms with Crippen LogP contribution in [0.5, 0.6) is 0 Å². The first kappa shape index (κ1) is 25.6. The van der Waals surface area contributed by atoms with Gasteiger partial charge >= 0.3 is 5.69 Å². The highest BCUT2D eigenvalue weighted by Crippen LogP contribution is 2.31. The first-order valence-corrected chi connectivity index (χ1v) is 13.6. The van der Waals surface area contributed by atoms with Gasteiger partial charge in [-0.2, -0.15) is 5.10 Å². The second-order valence-corrected chi connectivity index (χ2v) is 10.5. The van der Waals surface area contributed by atoms with Crippen LogP contribution in [0.3, 0.4) is 0 Å². The summed E-state index contributed by atoms with van der Waals surface area (Å²) in [6.45, 7) is 5.38. The SMILES string of the molecule is Cn1c(N2CC(c3ccccc3)C(c3ccc(Cl)cc3)=N2)nn(Cc2ccc(CN3CCOCC3)cc2)c1=O. The first-order chi connectivity index (χ1) is 19.0. The molecule has 3 heterocycles. The fourth-order valence-corrected chi connectivity index (χ4v) is 5.33. The minimum absolute atomic E-state index is 0.0339. The highest BCUT2D eigenvalue weighted by atomic mass is 35.5. The predicted octanol–water partition coefficient (Wildman–Crippen LogP) is 4.12. The van der Waals surface area contributed by atoms with Gasteiger partial charge in [0.25, 0.3) is 0 Å². The molecule has 2 aliphatic heterocycles. The van der Waals surface area contributed by atoms with Crippen molar-refractivity contribution >= 4 is 23.3 Å². The van der Waals surface area contributed by atoms with Gasteiger partial charge < -0.3 is 4.74 Å². The Morgan fingerprint density at radius 2 is 1.56 bits per heavy atom. The number of aromatic nitrogens is 3. The molecule has 1 unspecified atom stereocenters. The number of ether oxygens (including phenoxy) is 1. The molecule has 0 saturated carbocycles. The van der Waals surface area contributed by atoms with Gasteiger partial charge in [-0.25, -0.2) is 14.5 Å². The number of rotatable bonds is 7. The van der Waals surface area contributed by atoms with E-state index >= 15 is 0 Å². The Morgan fingerprint density at radius 1 is 0.897 bits per heavy atom. The van der Waals surface area contributed by atoms with Crippen molar-refractivity contribution in [2.75, 3.05) is 37.9 Å². The zero-order valence-electron chi connectivity index (χ0n) is 21.9. The van der Waals surface area contributed by atoms with Crippen LogP contribution in [-0.2, 0) is 24.9 Å². The fraction of sp³-hybridized carbons (Fsp3) is 0.300. The van der Waals surface area contributed by atoms with Crippen molar-refractivity contribution in [3.05, 3.63) is 117 Å². The highest BCUT2D eigenvalue weighted by Gasteiger charge is 2.32. The van der Waals surface area contributed by atoms with Gasteiger partial charge in [-0.05, 0) is 34.4 Å². The maximum Gasteiger partial charge on any atom is 0.347 e. The van der Waals surface area contributed by atoms with Crippen LogP contribution in [0.15, 0.2) is 88.8 Å². The lowest BCUT2D eigenvalue weighted by molar-refractivity contribution is 0.0342. The largest absolute Gasteiger partial charge is 0.379 e. The van der Waals surface area contributed by atoms with Crippen molar-refractivity contribution in [3.63, 3.8) is 0 Å². The minimum Gasteiger partial charge on any atom is -0.379 e. The third-order valence-electron chi connectivity index (χ3n) is 7.37. The number of benzene rings is 3. The van der Waals surface area contributed by atoms with Crippen LogP contribution in [0, 0.1) is 0 Å². The van der Waals surface area contributed by atoms with Crippen LogP contribution in [0.2, 0.25) is 5.02 Å². The van der Waals surface area contributed by atoms with Crippen LogP contribution < -0.4 is 10.7 Å². The van der Waals surface area contributed by atoms with E-state index < -0.39 is 0 Å². The number of hydrazone groups is 1. The third-order valence-corrected chi connectivity index (χ3v) is 7.62. The fourth-order valence-electron chi connectivity index (χ4n) is 5.20. The van der Waals surface area contributed by atoms with Gasteiger partial charge in [0.15, 0.2) is 0 Å². The van der Waals surface area contributed by atoms with Crippen molar-refractivity contribution < 1.29 is 4.74 Å². The molecule has 9 heteroatoms. The molecule has 0 aliphatic carbocycles. The minimum atomic E-state index is -0.172. The molecule has 200 valence electrons. The normalized spacial score (nSPS) is 17.9. The van der Waals surface area contributed by atoms with Crippen molar-refractivity contribution in [3.8, 4) is 0 Å². The molecular formula is C30H31ClN6O2. The Bertz CT molecular complexity index is 1510. The van der Waals surface area contributed by atoms with Crippen molar-refractivity contribution in [1.82, 2.24) is 19.2 Å². The smallest absolute Gasteiger partial charge is 0.347 e. The van der Waals surface area contributed by atoms with Gasteiger partial charge in [-0.1, -0.05) is 78.3 Å². The Hall–Kier alpha value is -3.72. The summed E-state index contributed by atoms with van der Waals surface area (Å²) in [6, 6.07) is 26.4. The molecule has 0 radical (unpaired) electrons. The lowest BCUT2D eigenvalue weighted by Gasteiger charge is -2.26. The summed E-state index contributed by atoms with van der Waals surface area (Å²) < 4.78 is 8.53. The van der Waals surface area contributed by atoms with Gasteiger partial charge in [0.05, 0.1) is 32.0 Å². The lowest BCUT2D eigenvalue weighted by atomic mass is 9.91. The average Bonchev–Trinajstić information content (AvgIpc) is 3.53. The molecule has 0 bridgehead atoms. The zero-order valence-corrected chi connectivity index (χ0v) is 22.7. The quantitative estimate of drug-likeness (QED) is 0.351. The van der Waals surface area contributed by atoms with Crippen molar-refractivity contribution in [1.29, 1.82) is 0 Å². The van der Waals surface area contributed by atoms with E-state index in [4.69, 9.17) is 26.5 Å². The molecule has 0 spiro atoms. The number of nitrogens with zero attached hydrogens (tertiary/aromatic N) is 6. The van der Waals surface area contributed by atoms with Crippen molar-refractivity contribution in [2.45, 2.75) is 19.0 Å². The van der Waals surface area contributed by atoms with E-state index in [9.17, 15) is 4.79 Å². The first-order valence-electron chi connectivity index (χ1n) is 13.2. The molecule has 6 rings (SSSR count). The highest BCUT2D eigenvalue weighted by molar-refractivity contribution is 6.30. The summed E-state index contributed by atoms with van der Waals surface area (Å²) in [7, 11) is 1.75. The Labute approximate surface area is 232 Å². The molecular weight excluding hydrogens is 512 g/mol. The van der Waals surface area contributed by atoms with Crippen LogP contribution in [0.1, 0.15) is 28.2 Å². The number of anilines is 1. The molecule has 0 N–H and O–H groups in total. The molecule has 3 aromatic carbocycles. The number of hydrogen-bond acceptors (Lipinski definition) is 6. The lowest BCUT2D eigenvalue weighted by Crippen LogP contribution is -2.35. The monoisotopic (exact) mass is 542 g/mol. The standard InChI is InChI=1S/C30H31ClN6O2/c1-34-29(33-37(30(34)38)20-23-9-7-22(8-10-23)19-35-15-17-39-18-16-35)36-21-27(24-5-3-2-4-6-24)28(32-36)25-11-13-26(31)14-12-25/h2-14,27H,15-21H2,1H3. The molecule has 1 fully saturated rings. The van der Waals surface area contributed by atoms with Gasteiger partial charge in [0.1, 0.15) is 0 Å². The van der Waals surface area contributed by atoms with E-state index in [0.717, 1.165) is 55.3 Å². The Morgan fingerprint density at radius 3 is 2.26 bits per heavy atom. The second kappa shape index (κ2) is 11.2. The van der Waals surface area contributed by atoms with E-state index in [1.165, 1.54) is 10.2 Å². The van der Waals surface area contributed by atoms with Gasteiger partial charge in [0, 0.05) is 37.6 Å². The van der Waals surface area contributed by atoms with Gasteiger partial charge in [-0.3, -0.25) is 9.47 Å². The maximum atomic E-state index is 13.2. The van der Waals surface area contributed by atoms with Crippen LogP contribution >= 0.6 is 11.6 Å². The molecule has 2 aliphatic rings. The van der Waals surface area contributed by atoms with E-state index in [-0.39, 0.29) is 11.6 Å². The van der Waals surface area contributed by atoms with Crippen LogP contribution in [0.25, 0.3) is 0 Å². The number of halogens is 1. The molecule has 4 aromatic rings. The summed E-state index contributed by atoms with van der Waals surface area (Å²) in [4.78, 5) is 15.6. The predicted molar refractivity (Wildman–Crippen MR) is 154 cm³/mol. The summed E-state index contributed by atoms with van der Waals surface area (Å²) in [5.74, 6) is 0.556. The maximum absolute atomic E-state index is 13.2. The molecule has 8 nitrogen and oxygen atoms in total. The topological polar surface area (TPSA) is 67.9 Å². The average molecular weight is 543 g/mol. The van der Waals surface area contributed by atoms with Gasteiger partial charge in [-0.15, -0.1) is 5.10 Å². The summed E-state index contributed by atoms with van der Waals surface area (Å²) >= 11 is 6.15. The Kier molecular flexibility index (Phi) is 7.32. The molecule has 1 aromatic heterocycles. The van der Waals surface area contributed by atoms with Crippen LogP contribution in [0.4, 0.5) is 5.95 Å². The molecule has 39 heavy (non-hydrogen) atoms. The van der Waals surface area contributed by atoms with E-state index in [1.54, 1.807) is 11.6 Å². The third kappa shape index (κ3) is 5.54. The Balaban J connectivity index is 1.24. The summed E-state index contributed by atoms with van der Waals surface area (Å²) in [5, 5.41) is 12.2. The van der Waals surface area contributed by atoms with Crippen molar-refractivity contribution in [2.24, 2.45) is 12.1 Å². The number of hydrogen-bond donors (Lipinski definition) is 0. The van der Waals surface area contributed by atoms with Gasteiger partial charge in [0.2, 0.25) is 5.95 Å². The summed E-state index contributed by atoms with van der Waals surface area (Å²) in [5.41, 5.74) is 5.20. The van der Waals surface area contributed by atoms with E-state index in [2.05, 4.69) is 41.3 Å². The second-order valence-electron chi connectivity index (χ2n) is 10.0. The number of morpholine rings is 1.